The SMILES string of the molecule is CCCC1NC(=O)C(C)(CC)N(CCOC)C1=O. The Morgan fingerprint density at radius 3 is 2.56 bits per heavy atom. The molecule has 0 aromatic carbocycles. The van der Waals surface area contributed by atoms with Crippen LogP contribution in [0.4, 0.5) is 0 Å². The van der Waals surface area contributed by atoms with Crippen LogP contribution in [0, 0.1) is 0 Å². The first-order chi connectivity index (χ1) is 8.51. The summed E-state index contributed by atoms with van der Waals surface area (Å²) >= 11 is 0. The van der Waals surface area contributed by atoms with Gasteiger partial charge in [0.2, 0.25) is 11.8 Å². The van der Waals surface area contributed by atoms with Crippen LogP contribution in [0.25, 0.3) is 0 Å². The van der Waals surface area contributed by atoms with Crippen molar-refractivity contribution in [3.63, 3.8) is 0 Å². The lowest BCUT2D eigenvalue weighted by molar-refractivity contribution is -0.157. The highest BCUT2D eigenvalue weighted by Gasteiger charge is 2.47. The lowest BCUT2D eigenvalue weighted by Gasteiger charge is -2.45. The molecule has 0 aromatic heterocycles. The zero-order valence-electron chi connectivity index (χ0n) is 11.8. The van der Waals surface area contributed by atoms with Gasteiger partial charge in [0.15, 0.2) is 0 Å². The molecule has 1 aliphatic rings. The first-order valence-corrected chi connectivity index (χ1v) is 6.62. The van der Waals surface area contributed by atoms with Gasteiger partial charge in [-0.05, 0) is 19.8 Å². The summed E-state index contributed by atoms with van der Waals surface area (Å²) in [5.74, 6) is -0.0444. The van der Waals surface area contributed by atoms with Crippen LogP contribution < -0.4 is 5.32 Å². The fourth-order valence-electron chi connectivity index (χ4n) is 2.30. The summed E-state index contributed by atoms with van der Waals surface area (Å²) < 4.78 is 5.04. The Morgan fingerprint density at radius 1 is 1.39 bits per heavy atom. The van der Waals surface area contributed by atoms with Gasteiger partial charge < -0.3 is 15.0 Å². The molecule has 5 nitrogen and oxygen atoms in total. The van der Waals surface area contributed by atoms with Gasteiger partial charge in [-0.25, -0.2) is 0 Å². The van der Waals surface area contributed by atoms with Crippen molar-refractivity contribution >= 4 is 11.8 Å². The van der Waals surface area contributed by atoms with Gasteiger partial charge in [-0.15, -0.1) is 0 Å². The molecule has 2 atom stereocenters. The van der Waals surface area contributed by atoms with Gasteiger partial charge in [-0.2, -0.15) is 0 Å². The standard InChI is InChI=1S/C13H24N2O3/c1-5-7-10-11(16)15(8-9-18-4)13(3,6-2)12(17)14-10/h10H,5-9H2,1-4H3,(H,14,17). The average Bonchev–Trinajstić information content (AvgIpc) is 2.36. The fourth-order valence-corrected chi connectivity index (χ4v) is 2.30. The molecule has 2 unspecified atom stereocenters. The number of hydrogen-bond donors (Lipinski definition) is 1. The second-order valence-electron chi connectivity index (χ2n) is 4.92. The summed E-state index contributed by atoms with van der Waals surface area (Å²) in [4.78, 5) is 26.3. The Bertz CT molecular complexity index is 319. The number of piperazine rings is 1. The highest BCUT2D eigenvalue weighted by atomic mass is 16.5. The van der Waals surface area contributed by atoms with Gasteiger partial charge in [0.05, 0.1) is 6.61 Å². The van der Waals surface area contributed by atoms with Crippen molar-refractivity contribution in [2.75, 3.05) is 20.3 Å². The molecule has 2 amide bonds. The molecule has 0 radical (unpaired) electrons. The fraction of sp³-hybridized carbons (Fsp3) is 0.846. The number of methoxy groups -OCH3 is 1. The molecule has 0 aliphatic carbocycles. The maximum atomic E-state index is 12.4. The topological polar surface area (TPSA) is 58.6 Å². The van der Waals surface area contributed by atoms with Crippen molar-refractivity contribution in [1.29, 1.82) is 0 Å². The summed E-state index contributed by atoms with van der Waals surface area (Å²) in [6.45, 7) is 6.66. The van der Waals surface area contributed by atoms with Gasteiger partial charge >= 0.3 is 0 Å². The van der Waals surface area contributed by atoms with Crippen molar-refractivity contribution in [1.82, 2.24) is 10.2 Å². The van der Waals surface area contributed by atoms with E-state index in [4.69, 9.17) is 4.74 Å². The maximum absolute atomic E-state index is 12.4. The van der Waals surface area contributed by atoms with Gasteiger partial charge in [-0.1, -0.05) is 20.3 Å². The van der Waals surface area contributed by atoms with Crippen molar-refractivity contribution in [2.24, 2.45) is 0 Å². The van der Waals surface area contributed by atoms with E-state index < -0.39 is 5.54 Å². The molecule has 1 heterocycles. The first-order valence-electron chi connectivity index (χ1n) is 6.62. The smallest absolute Gasteiger partial charge is 0.246 e. The number of nitrogens with one attached hydrogen (secondary N) is 1. The van der Waals surface area contributed by atoms with Crippen LogP contribution in [0.15, 0.2) is 0 Å². The molecule has 104 valence electrons. The van der Waals surface area contributed by atoms with Crippen molar-refractivity contribution < 1.29 is 14.3 Å². The van der Waals surface area contributed by atoms with E-state index in [0.717, 1.165) is 6.42 Å². The monoisotopic (exact) mass is 256 g/mol. The van der Waals surface area contributed by atoms with E-state index in [-0.39, 0.29) is 17.9 Å². The van der Waals surface area contributed by atoms with Crippen LogP contribution >= 0.6 is 0 Å². The van der Waals surface area contributed by atoms with Crippen LogP contribution in [0.5, 0.6) is 0 Å². The largest absolute Gasteiger partial charge is 0.383 e. The molecular weight excluding hydrogens is 232 g/mol. The summed E-state index contributed by atoms with van der Waals surface area (Å²) in [7, 11) is 1.60. The van der Waals surface area contributed by atoms with Crippen molar-refractivity contribution in [2.45, 2.75) is 51.6 Å². The van der Waals surface area contributed by atoms with Crippen molar-refractivity contribution in [3.8, 4) is 0 Å². The predicted molar refractivity (Wildman–Crippen MR) is 69.1 cm³/mol. The molecule has 1 fully saturated rings. The minimum absolute atomic E-state index is 0.0119. The Hall–Kier alpha value is -1.10. The van der Waals surface area contributed by atoms with Crippen LogP contribution in [0.1, 0.15) is 40.0 Å². The molecule has 18 heavy (non-hydrogen) atoms. The molecule has 1 N–H and O–H groups in total. The van der Waals surface area contributed by atoms with E-state index in [1.54, 1.807) is 12.0 Å². The molecular formula is C13H24N2O3. The number of carbonyl (C=O) groups is 2. The van der Waals surface area contributed by atoms with Gasteiger partial charge in [0, 0.05) is 13.7 Å². The second-order valence-corrected chi connectivity index (χ2v) is 4.92. The van der Waals surface area contributed by atoms with E-state index in [1.165, 1.54) is 0 Å². The van der Waals surface area contributed by atoms with Crippen LogP contribution in [-0.4, -0.2) is 48.6 Å². The molecule has 0 spiro atoms. The van der Waals surface area contributed by atoms with Gasteiger partial charge in [-0.3, -0.25) is 9.59 Å². The Balaban J connectivity index is 2.93. The molecule has 5 heteroatoms. The third-order valence-corrected chi connectivity index (χ3v) is 3.74. The van der Waals surface area contributed by atoms with E-state index in [0.29, 0.717) is 26.0 Å². The second kappa shape index (κ2) is 6.18. The minimum atomic E-state index is -0.750. The quantitative estimate of drug-likeness (QED) is 0.769. The number of carbonyl (C=O) groups excluding carboxylic acids is 2. The van der Waals surface area contributed by atoms with E-state index >= 15 is 0 Å². The zero-order valence-corrected chi connectivity index (χ0v) is 11.8. The zero-order chi connectivity index (χ0) is 13.8. The van der Waals surface area contributed by atoms with E-state index in [9.17, 15) is 9.59 Å². The van der Waals surface area contributed by atoms with E-state index in [2.05, 4.69) is 5.32 Å². The average molecular weight is 256 g/mol. The van der Waals surface area contributed by atoms with E-state index in [1.807, 2.05) is 20.8 Å². The molecule has 0 bridgehead atoms. The molecule has 1 saturated heterocycles. The van der Waals surface area contributed by atoms with Crippen LogP contribution in [-0.2, 0) is 14.3 Å². The lowest BCUT2D eigenvalue weighted by atomic mass is 9.89. The van der Waals surface area contributed by atoms with Crippen LogP contribution in [0.3, 0.4) is 0 Å². The van der Waals surface area contributed by atoms with Gasteiger partial charge in [0.1, 0.15) is 11.6 Å². The molecule has 0 aromatic rings. The number of ether oxygens (including phenoxy) is 1. The number of rotatable bonds is 6. The lowest BCUT2D eigenvalue weighted by Crippen LogP contribution is -2.69. The predicted octanol–water partition coefficient (Wildman–Crippen LogP) is 0.929. The number of nitrogens with zero attached hydrogens (tertiary/aromatic N) is 1. The normalized spacial score (nSPS) is 28.4. The summed E-state index contributed by atoms with van der Waals surface area (Å²) in [5, 5.41) is 2.84. The first kappa shape index (κ1) is 15.0. The highest BCUT2D eigenvalue weighted by molar-refractivity contribution is 5.99. The minimum Gasteiger partial charge on any atom is -0.383 e. The number of hydrogen-bond acceptors (Lipinski definition) is 3. The van der Waals surface area contributed by atoms with Crippen molar-refractivity contribution in [3.05, 3.63) is 0 Å². The summed E-state index contributed by atoms with van der Waals surface area (Å²) in [5.41, 5.74) is -0.750. The van der Waals surface area contributed by atoms with Crippen LogP contribution in [0.2, 0.25) is 0 Å². The third kappa shape index (κ3) is 2.66. The Morgan fingerprint density at radius 2 is 2.06 bits per heavy atom. The summed E-state index contributed by atoms with van der Waals surface area (Å²) in [6, 6.07) is -0.376. The van der Waals surface area contributed by atoms with Gasteiger partial charge in [0.25, 0.3) is 0 Å². The summed E-state index contributed by atoms with van der Waals surface area (Å²) in [6.07, 6.45) is 2.17. The molecule has 1 aliphatic heterocycles. The highest BCUT2D eigenvalue weighted by Crippen LogP contribution is 2.25. The molecule has 1 rings (SSSR count). The molecule has 0 saturated carbocycles. The Kier molecular flexibility index (Phi) is 5.14. The third-order valence-electron chi connectivity index (χ3n) is 3.74. The Labute approximate surface area is 109 Å². The maximum Gasteiger partial charge on any atom is 0.246 e. The number of amides is 2.